The van der Waals surface area contributed by atoms with Gasteiger partial charge in [-0.05, 0) is 24.1 Å². The van der Waals surface area contributed by atoms with Gasteiger partial charge in [-0.1, -0.05) is 41.9 Å². The minimum absolute atomic E-state index is 0. The highest BCUT2D eigenvalue weighted by molar-refractivity contribution is 14.0. The van der Waals surface area contributed by atoms with E-state index in [2.05, 4.69) is 25.5 Å². The minimum atomic E-state index is -0.903. The maximum Gasteiger partial charge on any atom is 0.191 e. The molecule has 0 aliphatic carbocycles. The number of hydrogen-bond acceptors (Lipinski definition) is 4. The quantitative estimate of drug-likeness (QED) is 0.317. The molecule has 158 valence electrons. The predicted octanol–water partition coefficient (Wildman–Crippen LogP) is 3.05. The van der Waals surface area contributed by atoms with Crippen LogP contribution in [0.2, 0.25) is 5.02 Å². The number of anilines is 1. The molecule has 2 N–H and O–H groups in total. The smallest absolute Gasteiger partial charge is 0.191 e. The van der Waals surface area contributed by atoms with E-state index in [0.717, 1.165) is 36.9 Å². The van der Waals surface area contributed by atoms with Crippen LogP contribution in [-0.2, 0) is 16.6 Å². The van der Waals surface area contributed by atoms with Crippen molar-refractivity contribution in [3.8, 4) is 0 Å². The fraction of sp³-hybridized carbons (Fsp3) is 0.400. The second kappa shape index (κ2) is 12.3. The summed E-state index contributed by atoms with van der Waals surface area (Å²) in [5.41, 5.74) is 1.10. The molecule has 0 saturated carbocycles. The van der Waals surface area contributed by atoms with Gasteiger partial charge in [0.25, 0.3) is 0 Å². The number of aromatic nitrogens is 1. The lowest BCUT2D eigenvalue weighted by atomic mass is 10.2. The van der Waals surface area contributed by atoms with Gasteiger partial charge in [0.1, 0.15) is 5.82 Å². The summed E-state index contributed by atoms with van der Waals surface area (Å²) in [5, 5.41) is 7.37. The molecule has 2 atom stereocenters. The first-order valence-corrected chi connectivity index (χ1v) is 11.2. The van der Waals surface area contributed by atoms with E-state index in [1.165, 1.54) is 0 Å². The summed E-state index contributed by atoms with van der Waals surface area (Å²) in [6, 6.07) is 13.9. The Morgan fingerprint density at radius 3 is 2.83 bits per heavy atom. The van der Waals surface area contributed by atoms with Crippen molar-refractivity contribution in [3.05, 3.63) is 59.2 Å². The van der Waals surface area contributed by atoms with Gasteiger partial charge in [-0.15, -0.1) is 24.0 Å². The van der Waals surface area contributed by atoms with Crippen LogP contribution in [0, 0.1) is 0 Å². The zero-order valence-corrected chi connectivity index (χ0v) is 20.3. The van der Waals surface area contributed by atoms with Gasteiger partial charge >= 0.3 is 0 Å². The Morgan fingerprint density at radius 2 is 2.10 bits per heavy atom. The van der Waals surface area contributed by atoms with E-state index in [1.54, 1.807) is 13.2 Å². The average molecular weight is 548 g/mol. The van der Waals surface area contributed by atoms with Crippen LogP contribution in [0.4, 0.5) is 5.82 Å². The summed E-state index contributed by atoms with van der Waals surface area (Å²) >= 11 is 6.25. The van der Waals surface area contributed by atoms with Gasteiger partial charge in [0.15, 0.2) is 5.96 Å². The second-order valence-corrected chi connectivity index (χ2v) is 8.64. The van der Waals surface area contributed by atoms with Gasteiger partial charge in [-0.3, -0.25) is 9.20 Å². The van der Waals surface area contributed by atoms with Crippen LogP contribution in [0.1, 0.15) is 12.0 Å². The molecule has 9 heteroatoms. The highest BCUT2D eigenvalue weighted by atomic mass is 127. The highest BCUT2D eigenvalue weighted by Crippen LogP contribution is 2.25. The van der Waals surface area contributed by atoms with Crippen LogP contribution >= 0.6 is 35.6 Å². The first kappa shape index (κ1) is 23.9. The Bertz CT molecular complexity index is 824. The molecule has 3 rings (SSSR count). The summed E-state index contributed by atoms with van der Waals surface area (Å²) in [6.45, 7) is 2.32. The summed E-state index contributed by atoms with van der Waals surface area (Å²) in [5.74, 6) is 2.72. The van der Waals surface area contributed by atoms with Gasteiger partial charge in [-0.25, -0.2) is 4.98 Å². The van der Waals surface area contributed by atoms with Gasteiger partial charge < -0.3 is 15.5 Å². The molecule has 0 bridgehead atoms. The summed E-state index contributed by atoms with van der Waals surface area (Å²) in [4.78, 5) is 10.8. The third-order valence-electron chi connectivity index (χ3n) is 4.58. The maximum atomic E-state index is 12.2. The number of aliphatic imine (C=N–C) groups is 1. The first-order chi connectivity index (χ1) is 13.7. The van der Waals surface area contributed by atoms with E-state index in [4.69, 9.17) is 11.6 Å². The van der Waals surface area contributed by atoms with Crippen LogP contribution in [-0.4, -0.2) is 53.6 Å². The lowest BCUT2D eigenvalue weighted by Gasteiger charge is -2.20. The van der Waals surface area contributed by atoms with Crippen molar-refractivity contribution >= 4 is 58.2 Å². The van der Waals surface area contributed by atoms with Crippen LogP contribution < -0.4 is 15.5 Å². The number of nitrogens with zero attached hydrogens (tertiary/aromatic N) is 3. The highest BCUT2D eigenvalue weighted by Gasteiger charge is 2.25. The van der Waals surface area contributed by atoms with Crippen LogP contribution in [0.15, 0.2) is 53.7 Å². The third kappa shape index (κ3) is 7.42. The molecule has 2 unspecified atom stereocenters. The zero-order valence-electron chi connectivity index (χ0n) is 16.4. The average Bonchev–Trinajstić information content (AvgIpc) is 3.16. The molecular weight excluding hydrogens is 521 g/mol. The van der Waals surface area contributed by atoms with Crippen LogP contribution in [0.5, 0.6) is 0 Å². The monoisotopic (exact) mass is 547 g/mol. The lowest BCUT2D eigenvalue weighted by molar-refractivity contribution is 0.650. The molecule has 1 aromatic heterocycles. The molecule has 1 fully saturated rings. The molecule has 1 aromatic carbocycles. The second-order valence-electron chi connectivity index (χ2n) is 6.66. The molecule has 1 aliphatic heterocycles. The molecule has 2 aromatic rings. The van der Waals surface area contributed by atoms with E-state index in [0.29, 0.717) is 23.1 Å². The van der Waals surface area contributed by atoms with Crippen molar-refractivity contribution in [1.29, 1.82) is 0 Å². The van der Waals surface area contributed by atoms with Crippen molar-refractivity contribution < 1.29 is 4.21 Å². The molecule has 0 radical (unpaired) electrons. The number of benzene rings is 1. The Balaban J connectivity index is 0.00000300. The van der Waals surface area contributed by atoms with Gasteiger partial charge in [0, 0.05) is 61.2 Å². The van der Waals surface area contributed by atoms with Gasteiger partial charge in [0.2, 0.25) is 0 Å². The van der Waals surface area contributed by atoms with Gasteiger partial charge in [0.05, 0.1) is 5.02 Å². The summed E-state index contributed by atoms with van der Waals surface area (Å²) in [6.07, 6.45) is 2.74. The molecule has 2 heterocycles. The fourth-order valence-electron chi connectivity index (χ4n) is 3.18. The van der Waals surface area contributed by atoms with Crippen molar-refractivity contribution in [1.82, 2.24) is 15.6 Å². The summed E-state index contributed by atoms with van der Waals surface area (Å²) in [7, 11) is 0.846. The van der Waals surface area contributed by atoms with E-state index in [1.807, 2.05) is 42.5 Å². The fourth-order valence-corrected chi connectivity index (χ4v) is 4.46. The van der Waals surface area contributed by atoms with E-state index in [9.17, 15) is 4.21 Å². The standard InChI is InChI=1S/C20H26ClN5OS.HI/c1-22-20(24-11-13-28(27)15-16-6-3-2-4-7-16)25-17-9-12-26(14-17)19-18(21)8-5-10-23-19;/h2-8,10,17H,9,11-15H2,1H3,(H2,22,24,25);1H. The van der Waals surface area contributed by atoms with Gasteiger partial charge in [-0.2, -0.15) is 0 Å². The van der Waals surface area contributed by atoms with Crippen LogP contribution in [0.3, 0.4) is 0 Å². The van der Waals surface area contributed by atoms with Crippen molar-refractivity contribution in [2.45, 2.75) is 18.2 Å². The first-order valence-electron chi connectivity index (χ1n) is 9.37. The number of pyridine rings is 1. The molecule has 0 amide bonds. The van der Waals surface area contributed by atoms with E-state index in [-0.39, 0.29) is 30.0 Å². The maximum absolute atomic E-state index is 12.2. The van der Waals surface area contributed by atoms with Crippen LogP contribution in [0.25, 0.3) is 0 Å². The number of halogens is 2. The SMILES string of the molecule is CN=C(NCCS(=O)Cc1ccccc1)NC1CCN(c2ncccc2Cl)C1.I. The third-order valence-corrected chi connectivity index (χ3v) is 6.19. The van der Waals surface area contributed by atoms with E-state index >= 15 is 0 Å². The molecule has 1 saturated heterocycles. The lowest BCUT2D eigenvalue weighted by Crippen LogP contribution is -2.45. The van der Waals surface area contributed by atoms with Crippen molar-refractivity contribution in [2.75, 3.05) is 37.3 Å². The molecule has 1 aliphatic rings. The van der Waals surface area contributed by atoms with Crippen molar-refractivity contribution in [3.63, 3.8) is 0 Å². The minimum Gasteiger partial charge on any atom is -0.355 e. The zero-order chi connectivity index (χ0) is 19.8. The molecule has 6 nitrogen and oxygen atoms in total. The Hall–Kier alpha value is -1.39. The topological polar surface area (TPSA) is 69.6 Å². The normalized spacial score (nSPS) is 17.5. The molecular formula is C20H27ClIN5OS. The number of rotatable bonds is 7. The predicted molar refractivity (Wildman–Crippen MR) is 133 cm³/mol. The van der Waals surface area contributed by atoms with Crippen molar-refractivity contribution in [2.24, 2.45) is 4.99 Å². The number of guanidine groups is 1. The van der Waals surface area contributed by atoms with E-state index < -0.39 is 10.8 Å². The Morgan fingerprint density at radius 1 is 1.31 bits per heavy atom. The largest absolute Gasteiger partial charge is 0.355 e. The Kier molecular flexibility index (Phi) is 10.2. The summed E-state index contributed by atoms with van der Waals surface area (Å²) < 4.78 is 12.2. The molecule has 0 spiro atoms. The molecule has 29 heavy (non-hydrogen) atoms. The number of nitrogens with one attached hydrogen (secondary N) is 2. The number of hydrogen-bond donors (Lipinski definition) is 2. The Labute approximate surface area is 197 Å².